The van der Waals surface area contributed by atoms with Crippen LogP contribution in [-0.4, -0.2) is 38.4 Å². The Hall–Kier alpha value is -5.27. The second-order valence-corrected chi connectivity index (χ2v) is 8.90. The number of fused-ring (bicyclic) bond motifs is 1. The van der Waals surface area contributed by atoms with Gasteiger partial charge in [0.2, 0.25) is 5.88 Å². The minimum absolute atomic E-state index is 0.00263. The molecule has 0 aliphatic rings. The first-order chi connectivity index (χ1) is 20.0. The third kappa shape index (κ3) is 5.92. The number of primary amides is 1. The summed E-state index contributed by atoms with van der Waals surface area (Å²) in [5.41, 5.74) is 5.80. The average molecular weight is 585 g/mol. The van der Waals surface area contributed by atoms with Crippen molar-refractivity contribution in [3.8, 4) is 34.5 Å². The van der Waals surface area contributed by atoms with E-state index in [-0.39, 0.29) is 51.8 Å². The van der Waals surface area contributed by atoms with Crippen molar-refractivity contribution in [2.75, 3.05) is 6.61 Å². The number of alkyl halides is 3. The van der Waals surface area contributed by atoms with Crippen molar-refractivity contribution in [1.29, 1.82) is 0 Å². The van der Waals surface area contributed by atoms with Crippen molar-refractivity contribution >= 4 is 17.1 Å². The van der Waals surface area contributed by atoms with Crippen molar-refractivity contribution in [2.45, 2.75) is 19.7 Å². The number of pyridine rings is 1. The van der Waals surface area contributed by atoms with E-state index >= 15 is 8.78 Å². The Labute approximate surface area is 234 Å². The van der Waals surface area contributed by atoms with Gasteiger partial charge in [-0.15, -0.1) is 0 Å². The Morgan fingerprint density at radius 3 is 2.40 bits per heavy atom. The second kappa shape index (κ2) is 11.3. The number of aromatic nitrogens is 4. The van der Waals surface area contributed by atoms with E-state index in [1.54, 1.807) is 24.3 Å². The normalized spacial score (nSPS) is 11.5. The number of rotatable bonds is 8. The maximum Gasteiger partial charge on any atom is 0.422 e. The summed E-state index contributed by atoms with van der Waals surface area (Å²) < 4.78 is 86.4. The fraction of sp³-hybridized carbons (Fsp3) is 0.143. The van der Waals surface area contributed by atoms with Crippen molar-refractivity contribution < 1.29 is 41.0 Å². The van der Waals surface area contributed by atoms with E-state index in [2.05, 4.69) is 19.7 Å². The molecule has 0 fully saturated rings. The van der Waals surface area contributed by atoms with E-state index < -0.39 is 36.4 Å². The zero-order valence-corrected chi connectivity index (χ0v) is 21.7. The van der Waals surface area contributed by atoms with Crippen LogP contribution in [0.4, 0.5) is 26.7 Å². The molecule has 1 amide bonds. The maximum absolute atomic E-state index is 15.4. The van der Waals surface area contributed by atoms with Gasteiger partial charge in [0.05, 0.1) is 17.4 Å². The van der Waals surface area contributed by atoms with E-state index in [1.807, 2.05) is 6.07 Å². The Bertz CT molecular complexity index is 1780. The van der Waals surface area contributed by atoms with Crippen LogP contribution in [0.15, 0.2) is 67.1 Å². The summed E-state index contributed by atoms with van der Waals surface area (Å²) in [6.45, 7) is -0.0750. The fourth-order valence-electron chi connectivity index (χ4n) is 4.28. The molecule has 0 saturated carbocycles. The molecular formula is C28H20F5N5O4. The van der Waals surface area contributed by atoms with Crippen molar-refractivity contribution in [3.05, 3.63) is 89.9 Å². The Morgan fingerprint density at radius 1 is 0.976 bits per heavy atom. The number of halogens is 5. The molecule has 42 heavy (non-hydrogen) atoms. The first-order valence-electron chi connectivity index (χ1n) is 12.2. The molecule has 14 heteroatoms. The summed E-state index contributed by atoms with van der Waals surface area (Å²) in [5, 5.41) is 0. The van der Waals surface area contributed by atoms with Crippen LogP contribution < -0.4 is 19.9 Å². The molecule has 5 aromatic rings. The number of ether oxygens (including phenoxy) is 3. The van der Waals surface area contributed by atoms with E-state index in [1.165, 1.54) is 23.6 Å². The van der Waals surface area contributed by atoms with Crippen LogP contribution >= 0.6 is 0 Å². The van der Waals surface area contributed by atoms with Crippen LogP contribution in [0.2, 0.25) is 0 Å². The number of aryl methyl sites for hydroxylation is 1. The molecule has 0 aliphatic heterocycles. The van der Waals surface area contributed by atoms with Gasteiger partial charge in [0.15, 0.2) is 29.7 Å². The average Bonchev–Trinajstić information content (AvgIpc) is 3.23. The second-order valence-electron chi connectivity index (χ2n) is 8.90. The van der Waals surface area contributed by atoms with Gasteiger partial charge in [0.25, 0.3) is 0 Å². The van der Waals surface area contributed by atoms with Gasteiger partial charge in [-0.3, -0.25) is 0 Å². The number of hydrogen-bond acceptors (Lipinski definition) is 7. The summed E-state index contributed by atoms with van der Waals surface area (Å²) in [5.74, 6) is -2.65. The molecule has 2 aromatic carbocycles. The lowest BCUT2D eigenvalue weighted by molar-refractivity contribution is -0.153. The van der Waals surface area contributed by atoms with E-state index in [9.17, 15) is 18.0 Å². The molecule has 3 aromatic heterocycles. The molecular weight excluding hydrogens is 565 g/mol. The molecule has 0 radical (unpaired) electrons. The van der Waals surface area contributed by atoms with Crippen LogP contribution in [-0.2, 0) is 6.61 Å². The minimum atomic E-state index is -4.69. The molecule has 2 N–H and O–H groups in total. The standard InChI is InChI=1S/C28H20F5N5O4/c1-15-22-25(26(37-14-36-22)41-13-28(31,32)33)38(24(15)23-20(30)10-18(11-35-23)42-27(34)39)17-7-8-21(19(29)9-17)40-12-16-5-3-2-4-6-16/h2-11,14H,12-13H2,1H3,(H2,34,39). The molecule has 216 valence electrons. The lowest BCUT2D eigenvalue weighted by atomic mass is 10.1. The SMILES string of the molecule is Cc1c(-c2ncc(OC(N)=O)cc2F)n(-c2ccc(OCc3ccccc3)c(F)c2)c2c(OCC(F)(F)F)ncnc12. The highest BCUT2D eigenvalue weighted by Gasteiger charge is 2.31. The van der Waals surface area contributed by atoms with Gasteiger partial charge < -0.3 is 24.5 Å². The number of carbonyl (C=O) groups excluding carboxylic acids is 1. The number of hydrogen-bond donors (Lipinski definition) is 1. The largest absolute Gasteiger partial charge is 0.486 e. The minimum Gasteiger partial charge on any atom is -0.486 e. The van der Waals surface area contributed by atoms with Gasteiger partial charge in [-0.2, -0.15) is 18.2 Å². The highest BCUT2D eigenvalue weighted by Crippen LogP contribution is 2.40. The highest BCUT2D eigenvalue weighted by atomic mass is 19.4. The smallest absolute Gasteiger partial charge is 0.422 e. The van der Waals surface area contributed by atoms with Gasteiger partial charge in [-0.1, -0.05) is 30.3 Å². The summed E-state index contributed by atoms with van der Waals surface area (Å²) >= 11 is 0. The van der Waals surface area contributed by atoms with Crippen molar-refractivity contribution in [1.82, 2.24) is 19.5 Å². The maximum atomic E-state index is 15.4. The predicted molar refractivity (Wildman–Crippen MR) is 139 cm³/mol. The summed E-state index contributed by atoms with van der Waals surface area (Å²) in [4.78, 5) is 23.2. The monoisotopic (exact) mass is 585 g/mol. The molecule has 9 nitrogen and oxygen atoms in total. The third-order valence-corrected chi connectivity index (χ3v) is 5.99. The molecule has 0 atom stereocenters. The van der Waals surface area contributed by atoms with Gasteiger partial charge in [0, 0.05) is 23.4 Å². The zero-order valence-electron chi connectivity index (χ0n) is 21.7. The van der Waals surface area contributed by atoms with Crippen LogP contribution in [0, 0.1) is 18.6 Å². The molecule has 0 saturated heterocycles. The van der Waals surface area contributed by atoms with E-state index in [4.69, 9.17) is 15.2 Å². The molecule has 0 aliphatic carbocycles. The number of benzene rings is 2. The summed E-state index contributed by atoms with van der Waals surface area (Å²) in [6, 6.07) is 13.7. The van der Waals surface area contributed by atoms with Crippen LogP contribution in [0.3, 0.4) is 0 Å². The number of nitrogens with zero attached hydrogens (tertiary/aromatic N) is 4. The number of amides is 1. The Kier molecular flexibility index (Phi) is 7.61. The number of carbonyl (C=O) groups is 1. The summed E-state index contributed by atoms with van der Waals surface area (Å²) in [6.07, 6.45) is -3.87. The Morgan fingerprint density at radius 2 is 1.74 bits per heavy atom. The third-order valence-electron chi connectivity index (χ3n) is 5.99. The lowest BCUT2D eigenvalue weighted by Gasteiger charge is -2.15. The predicted octanol–water partition coefficient (Wildman–Crippen LogP) is 6.05. The molecule has 0 spiro atoms. The quantitative estimate of drug-likeness (QED) is 0.221. The molecule has 0 unspecified atom stereocenters. The lowest BCUT2D eigenvalue weighted by Crippen LogP contribution is -2.20. The molecule has 0 bridgehead atoms. The van der Waals surface area contributed by atoms with Crippen LogP contribution in [0.1, 0.15) is 11.1 Å². The highest BCUT2D eigenvalue weighted by molar-refractivity contribution is 5.93. The Balaban J connectivity index is 1.67. The first kappa shape index (κ1) is 28.3. The van der Waals surface area contributed by atoms with Crippen LogP contribution in [0.25, 0.3) is 28.1 Å². The van der Waals surface area contributed by atoms with E-state index in [0.29, 0.717) is 0 Å². The van der Waals surface area contributed by atoms with Gasteiger partial charge in [-0.25, -0.2) is 23.5 Å². The van der Waals surface area contributed by atoms with Crippen molar-refractivity contribution in [2.24, 2.45) is 5.73 Å². The zero-order chi connectivity index (χ0) is 30.0. The summed E-state index contributed by atoms with van der Waals surface area (Å²) in [7, 11) is 0. The van der Waals surface area contributed by atoms with Gasteiger partial charge in [0.1, 0.15) is 24.1 Å². The van der Waals surface area contributed by atoms with E-state index in [0.717, 1.165) is 30.2 Å². The van der Waals surface area contributed by atoms with Gasteiger partial charge in [-0.05, 0) is 24.6 Å². The van der Waals surface area contributed by atoms with Gasteiger partial charge >= 0.3 is 12.3 Å². The molecule has 5 rings (SSSR count). The molecule has 3 heterocycles. The first-order valence-corrected chi connectivity index (χ1v) is 12.2. The number of nitrogens with two attached hydrogens (primary N) is 1. The topological polar surface area (TPSA) is 114 Å². The van der Waals surface area contributed by atoms with Crippen molar-refractivity contribution in [3.63, 3.8) is 0 Å². The fourth-order valence-corrected chi connectivity index (χ4v) is 4.28. The van der Waals surface area contributed by atoms with Crippen LogP contribution in [0.5, 0.6) is 17.4 Å².